The number of aromatic nitrogens is 2. The number of carboxylic acid groups (broad SMARTS) is 2. The molecule has 3 rings (SSSR count). The first kappa shape index (κ1) is 26.6. The zero-order valence-electron chi connectivity index (χ0n) is 18.6. The van der Waals surface area contributed by atoms with Crippen LogP contribution >= 0.6 is 11.6 Å². The summed E-state index contributed by atoms with van der Waals surface area (Å²) in [5.74, 6) is -2.55. The summed E-state index contributed by atoms with van der Waals surface area (Å²) >= 11 is 6.12. The molecule has 0 aliphatic carbocycles. The third-order valence-corrected chi connectivity index (χ3v) is 4.86. The second-order valence-corrected chi connectivity index (χ2v) is 7.14. The Hall–Kier alpha value is -3.63. The summed E-state index contributed by atoms with van der Waals surface area (Å²) in [5, 5.41) is 18.4. The molecule has 9 nitrogen and oxygen atoms in total. The molecule has 1 aromatic heterocycles. The summed E-state index contributed by atoms with van der Waals surface area (Å²) in [5.41, 5.74) is 2.35. The van der Waals surface area contributed by atoms with Crippen LogP contribution in [0.25, 0.3) is 11.3 Å². The van der Waals surface area contributed by atoms with Crippen LogP contribution in [0.1, 0.15) is 12.5 Å². The van der Waals surface area contributed by atoms with Crippen molar-refractivity contribution in [1.82, 2.24) is 9.55 Å². The molecule has 0 unspecified atom stereocenters. The Labute approximate surface area is 200 Å². The highest BCUT2D eigenvalue weighted by atomic mass is 35.5. The molecule has 2 aromatic carbocycles. The van der Waals surface area contributed by atoms with E-state index in [-0.39, 0.29) is 12.4 Å². The van der Waals surface area contributed by atoms with Gasteiger partial charge in [-0.25, -0.2) is 19.0 Å². The first-order chi connectivity index (χ1) is 16.3. The Bertz CT molecular complexity index is 1070. The van der Waals surface area contributed by atoms with Gasteiger partial charge in [0.15, 0.2) is 0 Å². The molecule has 0 bridgehead atoms. The van der Waals surface area contributed by atoms with Gasteiger partial charge in [-0.3, -0.25) is 0 Å². The van der Waals surface area contributed by atoms with E-state index in [0.29, 0.717) is 36.3 Å². The molecule has 0 saturated carbocycles. The fraction of sp³-hybridized carbons (Fsp3) is 0.261. The maximum Gasteiger partial charge on any atom is 0.414 e. The van der Waals surface area contributed by atoms with Crippen molar-refractivity contribution in [2.75, 3.05) is 25.6 Å². The van der Waals surface area contributed by atoms with Gasteiger partial charge in [0.2, 0.25) is 5.95 Å². The molecule has 0 aliphatic heterocycles. The number of nitrogens with one attached hydrogen (secondary N) is 1. The Balaban J connectivity index is 0.000000604. The highest BCUT2D eigenvalue weighted by Crippen LogP contribution is 2.26. The van der Waals surface area contributed by atoms with Crippen LogP contribution in [-0.2, 0) is 27.4 Å². The van der Waals surface area contributed by atoms with Gasteiger partial charge in [-0.05, 0) is 43.3 Å². The topological polar surface area (TPSA) is 123 Å². The number of rotatable bonds is 9. The quantitative estimate of drug-likeness (QED) is 0.380. The van der Waals surface area contributed by atoms with Crippen molar-refractivity contribution in [3.63, 3.8) is 0 Å². The molecule has 0 saturated heterocycles. The summed E-state index contributed by atoms with van der Waals surface area (Å²) in [4.78, 5) is 22.7. The fourth-order valence-electron chi connectivity index (χ4n) is 2.91. The minimum Gasteiger partial charge on any atom is -0.494 e. The van der Waals surface area contributed by atoms with Gasteiger partial charge >= 0.3 is 11.9 Å². The monoisotopic (exact) mass is 493 g/mol. The normalized spacial score (nSPS) is 10.2. The van der Waals surface area contributed by atoms with Crippen LogP contribution in [0.15, 0.2) is 48.7 Å². The van der Waals surface area contributed by atoms with Crippen LogP contribution in [-0.4, -0.2) is 52.0 Å². The molecule has 0 fully saturated rings. The van der Waals surface area contributed by atoms with E-state index in [4.69, 9.17) is 40.9 Å². The molecule has 0 aliphatic rings. The highest BCUT2D eigenvalue weighted by molar-refractivity contribution is 6.31. The number of carbonyl (C=O) groups is 2. The molecule has 0 amide bonds. The summed E-state index contributed by atoms with van der Waals surface area (Å²) in [6.45, 7) is 3.94. The predicted octanol–water partition coefficient (Wildman–Crippen LogP) is 4.16. The first-order valence-corrected chi connectivity index (χ1v) is 10.6. The zero-order chi connectivity index (χ0) is 25.1. The SMILES string of the molecule is CCOc1ccc(-c2cnc(NCc3c(F)cccc3Cl)n2CCOC)cc1.O=C(O)C(=O)O. The number of hydrogen-bond donors (Lipinski definition) is 3. The van der Waals surface area contributed by atoms with Crippen molar-refractivity contribution >= 4 is 29.5 Å². The molecule has 182 valence electrons. The number of ether oxygens (including phenoxy) is 2. The van der Waals surface area contributed by atoms with Gasteiger partial charge < -0.3 is 29.6 Å². The fourth-order valence-corrected chi connectivity index (χ4v) is 3.14. The smallest absolute Gasteiger partial charge is 0.414 e. The molecular formula is C23H25ClFN3O6. The molecule has 0 spiro atoms. The number of imidazole rings is 1. The summed E-state index contributed by atoms with van der Waals surface area (Å²) < 4.78 is 26.8. The van der Waals surface area contributed by atoms with E-state index in [0.717, 1.165) is 17.0 Å². The Morgan fingerprint density at radius 3 is 2.38 bits per heavy atom. The van der Waals surface area contributed by atoms with Crippen LogP contribution < -0.4 is 10.1 Å². The number of benzene rings is 2. The maximum atomic E-state index is 14.0. The van der Waals surface area contributed by atoms with Crippen molar-refractivity contribution in [3.8, 4) is 17.0 Å². The number of aliphatic carboxylic acids is 2. The van der Waals surface area contributed by atoms with Crippen LogP contribution in [0.3, 0.4) is 0 Å². The molecular weight excluding hydrogens is 469 g/mol. The van der Waals surface area contributed by atoms with Gasteiger partial charge in [0.05, 0.1) is 25.1 Å². The number of anilines is 1. The second-order valence-electron chi connectivity index (χ2n) is 6.73. The molecule has 1 heterocycles. The lowest BCUT2D eigenvalue weighted by Crippen LogP contribution is -2.12. The number of methoxy groups -OCH3 is 1. The molecule has 3 N–H and O–H groups in total. The lowest BCUT2D eigenvalue weighted by molar-refractivity contribution is -0.159. The van der Waals surface area contributed by atoms with Gasteiger partial charge in [-0.2, -0.15) is 0 Å². The Kier molecular flexibility index (Phi) is 10.3. The largest absolute Gasteiger partial charge is 0.494 e. The molecule has 11 heteroatoms. The van der Waals surface area contributed by atoms with Crippen molar-refractivity contribution in [3.05, 3.63) is 65.1 Å². The number of hydrogen-bond acceptors (Lipinski definition) is 6. The van der Waals surface area contributed by atoms with Gasteiger partial charge in [0.25, 0.3) is 0 Å². The molecule has 34 heavy (non-hydrogen) atoms. The van der Waals surface area contributed by atoms with Gasteiger partial charge in [-0.15, -0.1) is 0 Å². The van der Waals surface area contributed by atoms with E-state index in [1.165, 1.54) is 6.07 Å². The van der Waals surface area contributed by atoms with Gasteiger partial charge in [-0.1, -0.05) is 17.7 Å². The van der Waals surface area contributed by atoms with Crippen molar-refractivity contribution in [2.45, 2.75) is 20.0 Å². The minimum atomic E-state index is -1.82. The lowest BCUT2D eigenvalue weighted by Gasteiger charge is -2.14. The van der Waals surface area contributed by atoms with Gasteiger partial charge in [0, 0.05) is 36.3 Å². The van der Waals surface area contributed by atoms with E-state index in [2.05, 4.69) is 10.3 Å². The average molecular weight is 494 g/mol. The molecule has 0 atom stereocenters. The average Bonchev–Trinajstić information content (AvgIpc) is 3.21. The van der Waals surface area contributed by atoms with Crippen molar-refractivity contribution in [1.29, 1.82) is 0 Å². The standard InChI is InChI=1S/C21H23ClFN3O2.C2H2O4/c1-3-28-16-9-7-15(8-10-16)20-14-25-21(26(20)11-12-27-2)24-13-17-18(22)5-4-6-19(17)23;3-1(4)2(5)6/h4-10,14H,3,11-13H2,1-2H3,(H,24,25);(H,3,4)(H,5,6). The summed E-state index contributed by atoms with van der Waals surface area (Å²) in [6.07, 6.45) is 1.79. The number of carboxylic acids is 2. The predicted molar refractivity (Wildman–Crippen MR) is 125 cm³/mol. The van der Waals surface area contributed by atoms with Crippen LogP contribution in [0.4, 0.5) is 10.3 Å². The minimum absolute atomic E-state index is 0.234. The van der Waals surface area contributed by atoms with Crippen LogP contribution in [0.2, 0.25) is 5.02 Å². The van der Waals surface area contributed by atoms with Crippen LogP contribution in [0, 0.1) is 5.82 Å². The number of halogens is 2. The summed E-state index contributed by atoms with van der Waals surface area (Å²) in [6, 6.07) is 12.5. The van der Waals surface area contributed by atoms with Crippen LogP contribution in [0.5, 0.6) is 5.75 Å². The Morgan fingerprint density at radius 1 is 1.15 bits per heavy atom. The third kappa shape index (κ3) is 7.46. The van der Waals surface area contributed by atoms with E-state index >= 15 is 0 Å². The first-order valence-electron chi connectivity index (χ1n) is 10.2. The highest BCUT2D eigenvalue weighted by Gasteiger charge is 2.14. The van der Waals surface area contributed by atoms with Crippen molar-refractivity contribution in [2.24, 2.45) is 0 Å². The Morgan fingerprint density at radius 2 is 1.82 bits per heavy atom. The van der Waals surface area contributed by atoms with E-state index in [9.17, 15) is 4.39 Å². The van der Waals surface area contributed by atoms with E-state index in [1.54, 1.807) is 25.4 Å². The second kappa shape index (κ2) is 13.2. The third-order valence-electron chi connectivity index (χ3n) is 4.50. The van der Waals surface area contributed by atoms with Crippen molar-refractivity contribution < 1.29 is 33.7 Å². The lowest BCUT2D eigenvalue weighted by atomic mass is 10.1. The summed E-state index contributed by atoms with van der Waals surface area (Å²) in [7, 11) is 1.65. The zero-order valence-corrected chi connectivity index (χ0v) is 19.4. The number of nitrogens with zero attached hydrogens (tertiary/aromatic N) is 2. The molecule has 3 aromatic rings. The van der Waals surface area contributed by atoms with Gasteiger partial charge in [0.1, 0.15) is 11.6 Å². The molecule has 0 radical (unpaired) electrons. The van der Waals surface area contributed by atoms with E-state index in [1.807, 2.05) is 35.8 Å². The maximum absolute atomic E-state index is 14.0. The van der Waals surface area contributed by atoms with E-state index < -0.39 is 11.9 Å².